The third-order valence-electron chi connectivity index (χ3n) is 11.2. The van der Waals surface area contributed by atoms with Crippen molar-refractivity contribution >= 4 is 23.9 Å². The fraction of sp³-hybridized carbons (Fsp3) is 0.320. The largest absolute Gasteiger partial charge is 0.459 e. The summed E-state index contributed by atoms with van der Waals surface area (Å²) in [5.41, 5.74) is 10.1. The van der Waals surface area contributed by atoms with Gasteiger partial charge in [0.05, 0.1) is 35.5 Å². The molecule has 68 heavy (non-hydrogen) atoms. The maximum atomic E-state index is 14.2. The second-order valence-electron chi connectivity index (χ2n) is 15.7. The van der Waals surface area contributed by atoms with E-state index < -0.39 is 98.2 Å². The van der Waals surface area contributed by atoms with Gasteiger partial charge in [-0.2, -0.15) is 0 Å². The Labute approximate surface area is 390 Å². The first-order chi connectivity index (χ1) is 33.3. The molecular formula is C50H47N3O15. The second-order valence-corrected chi connectivity index (χ2v) is 15.7. The highest BCUT2D eigenvalue weighted by atomic mass is 16.8. The second kappa shape index (κ2) is 23.1. The van der Waals surface area contributed by atoms with Crippen molar-refractivity contribution < 1.29 is 71.7 Å². The highest BCUT2D eigenvalue weighted by Crippen LogP contribution is 2.39. The topological polar surface area (TPSA) is 230 Å². The van der Waals surface area contributed by atoms with E-state index in [9.17, 15) is 24.3 Å². The quantitative estimate of drug-likeness (QED) is 0.0260. The monoisotopic (exact) mass is 929 g/mol. The summed E-state index contributed by atoms with van der Waals surface area (Å²) in [6, 6.07) is 41.2. The van der Waals surface area contributed by atoms with E-state index in [1.54, 1.807) is 109 Å². The van der Waals surface area contributed by atoms with Gasteiger partial charge >= 0.3 is 23.9 Å². The SMILES string of the molecule is [N-]=[N+]=NCCCO[C@@H]1O[C@H](COC(=O)c2ccccc2)[C@@H](O[C@@H]2O[C@@H]3COC(c4ccccc4)O[C@H]3[C@H](O)[C@H]2OC(=O)c2ccccc2)[C@H](OC(=O)c2ccccc2)[C@H]1OC(=O)c1ccccc1. The summed E-state index contributed by atoms with van der Waals surface area (Å²) in [7, 11) is 0. The Kier molecular flexibility index (Phi) is 16.2. The number of azide groups is 1. The molecule has 18 nitrogen and oxygen atoms in total. The van der Waals surface area contributed by atoms with Crippen LogP contribution in [0.1, 0.15) is 59.7 Å². The molecule has 0 saturated carbocycles. The summed E-state index contributed by atoms with van der Waals surface area (Å²) in [5, 5.41) is 15.8. The van der Waals surface area contributed by atoms with Gasteiger partial charge in [-0.05, 0) is 60.5 Å². The molecule has 352 valence electrons. The lowest BCUT2D eigenvalue weighted by molar-refractivity contribution is -0.384. The number of benzene rings is 5. The normalized spacial score (nSPS) is 26.5. The van der Waals surface area contributed by atoms with Crippen molar-refractivity contribution in [1.29, 1.82) is 0 Å². The molecule has 5 aromatic carbocycles. The predicted octanol–water partition coefficient (Wildman–Crippen LogP) is 6.55. The predicted molar refractivity (Wildman–Crippen MR) is 236 cm³/mol. The molecule has 0 aromatic heterocycles. The van der Waals surface area contributed by atoms with Gasteiger partial charge in [0.1, 0.15) is 37.1 Å². The molecule has 5 aromatic rings. The summed E-state index contributed by atoms with van der Waals surface area (Å²) in [6.45, 7) is -0.751. The highest BCUT2D eigenvalue weighted by molar-refractivity contribution is 5.91. The van der Waals surface area contributed by atoms with Crippen molar-refractivity contribution in [3.05, 3.63) is 190 Å². The summed E-state index contributed by atoms with van der Waals surface area (Å²) >= 11 is 0. The first-order valence-electron chi connectivity index (χ1n) is 21.9. The lowest BCUT2D eigenvalue weighted by Crippen LogP contribution is -2.67. The zero-order valence-electron chi connectivity index (χ0n) is 36.3. The Bertz CT molecular complexity index is 2490. The molecule has 3 saturated heterocycles. The molecule has 3 heterocycles. The van der Waals surface area contributed by atoms with Gasteiger partial charge in [0.25, 0.3) is 0 Å². The lowest BCUT2D eigenvalue weighted by atomic mass is 9.95. The van der Waals surface area contributed by atoms with Crippen LogP contribution in [0.3, 0.4) is 0 Å². The van der Waals surface area contributed by atoms with E-state index in [0.717, 1.165) is 0 Å². The zero-order chi connectivity index (χ0) is 47.2. The van der Waals surface area contributed by atoms with Crippen LogP contribution in [0.5, 0.6) is 0 Å². The van der Waals surface area contributed by atoms with Crippen molar-refractivity contribution in [3.63, 3.8) is 0 Å². The molecular weight excluding hydrogens is 883 g/mol. The van der Waals surface area contributed by atoms with Crippen LogP contribution >= 0.6 is 0 Å². The fourth-order valence-corrected chi connectivity index (χ4v) is 7.80. The van der Waals surface area contributed by atoms with Crippen LogP contribution in [-0.2, 0) is 47.4 Å². The molecule has 3 aliphatic heterocycles. The van der Waals surface area contributed by atoms with Crippen molar-refractivity contribution in [1.82, 2.24) is 0 Å². The number of hydrogen-bond donors (Lipinski definition) is 1. The fourth-order valence-electron chi connectivity index (χ4n) is 7.80. The Morgan fingerprint density at radius 3 is 1.65 bits per heavy atom. The Morgan fingerprint density at radius 1 is 0.603 bits per heavy atom. The van der Waals surface area contributed by atoms with Gasteiger partial charge in [-0.15, -0.1) is 0 Å². The van der Waals surface area contributed by atoms with E-state index >= 15 is 0 Å². The van der Waals surface area contributed by atoms with Crippen LogP contribution in [-0.4, -0.2) is 117 Å². The number of carbonyl (C=O) groups excluding carboxylic acids is 4. The van der Waals surface area contributed by atoms with Gasteiger partial charge in [0.2, 0.25) is 0 Å². The molecule has 3 fully saturated rings. The lowest BCUT2D eigenvalue weighted by Gasteiger charge is -2.50. The van der Waals surface area contributed by atoms with E-state index in [2.05, 4.69) is 10.0 Å². The van der Waals surface area contributed by atoms with E-state index in [-0.39, 0.29) is 48.4 Å². The van der Waals surface area contributed by atoms with Crippen LogP contribution in [0.15, 0.2) is 157 Å². The molecule has 8 rings (SSSR count). The average Bonchev–Trinajstić information content (AvgIpc) is 3.39. The van der Waals surface area contributed by atoms with Crippen LogP contribution in [0.2, 0.25) is 0 Å². The first-order valence-corrected chi connectivity index (χ1v) is 21.9. The van der Waals surface area contributed by atoms with Crippen molar-refractivity contribution in [2.75, 3.05) is 26.4 Å². The van der Waals surface area contributed by atoms with Crippen molar-refractivity contribution in [3.8, 4) is 0 Å². The minimum absolute atomic E-state index is 0.0418. The molecule has 18 heteroatoms. The smallest absolute Gasteiger partial charge is 0.338 e. The number of esters is 4. The van der Waals surface area contributed by atoms with Gasteiger partial charge in [-0.3, -0.25) is 0 Å². The molecule has 0 bridgehead atoms. The number of carbonyl (C=O) groups is 4. The molecule has 0 radical (unpaired) electrons. The van der Waals surface area contributed by atoms with Gasteiger partial charge in [-0.1, -0.05) is 108 Å². The molecule has 1 N–H and O–H groups in total. The van der Waals surface area contributed by atoms with Crippen molar-refractivity contribution in [2.45, 2.75) is 74.1 Å². The maximum absolute atomic E-state index is 14.2. The third kappa shape index (κ3) is 11.7. The summed E-state index contributed by atoms with van der Waals surface area (Å²) in [6.07, 6.45) is -15.7. The van der Waals surface area contributed by atoms with Gasteiger partial charge < -0.3 is 52.5 Å². The number of ether oxygens (including phenoxy) is 10. The number of aliphatic hydroxyl groups is 1. The summed E-state index contributed by atoms with van der Waals surface area (Å²) in [4.78, 5) is 58.3. The number of hydrogen-bond acceptors (Lipinski definition) is 16. The summed E-state index contributed by atoms with van der Waals surface area (Å²) < 4.78 is 62.5. The molecule has 0 aliphatic carbocycles. The van der Waals surface area contributed by atoms with E-state index in [4.69, 9.17) is 52.9 Å². The zero-order valence-corrected chi connectivity index (χ0v) is 36.3. The number of fused-ring (bicyclic) bond motifs is 1. The molecule has 3 aliphatic rings. The molecule has 0 amide bonds. The Morgan fingerprint density at radius 2 is 1.10 bits per heavy atom. The van der Waals surface area contributed by atoms with E-state index in [0.29, 0.717) is 5.56 Å². The minimum Gasteiger partial charge on any atom is -0.459 e. The minimum atomic E-state index is -1.70. The highest BCUT2D eigenvalue weighted by Gasteiger charge is 2.57. The number of aliphatic hydroxyl groups excluding tert-OH is 1. The van der Waals surface area contributed by atoms with Gasteiger partial charge in [0.15, 0.2) is 37.2 Å². The number of rotatable bonds is 17. The van der Waals surface area contributed by atoms with E-state index in [1.165, 1.54) is 36.4 Å². The van der Waals surface area contributed by atoms with Gasteiger partial charge in [-0.25, -0.2) is 19.2 Å². The molecule has 11 atom stereocenters. The van der Waals surface area contributed by atoms with Crippen LogP contribution in [0.25, 0.3) is 10.4 Å². The van der Waals surface area contributed by atoms with Crippen LogP contribution in [0, 0.1) is 0 Å². The summed E-state index contributed by atoms with van der Waals surface area (Å²) in [5.74, 6) is -3.34. The Hall–Kier alpha value is -6.99. The standard InChI is InChI=1S/C50H47N3O15/c51-53-52-27-16-28-59-49-43(66-47(58)34-23-12-4-13-24-34)42(65-46(57)33-21-10-3-11-22-33)40(37(62-49)29-60-44(55)31-17-6-1-7-18-31)68-50-41(64-45(56)32-19-8-2-9-20-32)38(54)39-36(63-50)30-61-48(67-39)35-25-14-5-15-26-35/h1-15,17-26,36-43,48-50,54H,16,27-30H2/t36-,37-,38+,39-,40-,41-,42+,43-,48?,49-,50+/m1/s1. The molecule has 0 spiro atoms. The van der Waals surface area contributed by atoms with E-state index in [1.807, 2.05) is 6.07 Å². The molecule has 1 unspecified atom stereocenters. The van der Waals surface area contributed by atoms with Crippen LogP contribution < -0.4 is 0 Å². The maximum Gasteiger partial charge on any atom is 0.338 e. The third-order valence-corrected chi connectivity index (χ3v) is 11.2. The van der Waals surface area contributed by atoms with Crippen LogP contribution in [0.4, 0.5) is 0 Å². The number of nitrogens with zero attached hydrogens (tertiary/aromatic N) is 3. The average molecular weight is 930 g/mol. The van der Waals surface area contributed by atoms with Crippen molar-refractivity contribution in [2.24, 2.45) is 5.11 Å². The Balaban J connectivity index is 1.19. The van der Waals surface area contributed by atoms with Gasteiger partial charge in [0, 0.05) is 17.0 Å². The first kappa shape index (κ1) is 47.5.